The lowest BCUT2D eigenvalue weighted by atomic mass is 9.80. The molecule has 0 saturated carbocycles. The van der Waals surface area contributed by atoms with Crippen molar-refractivity contribution in [2.75, 3.05) is 19.6 Å². The maximum Gasteiger partial charge on any atom is 0.253 e. The standard InChI is InChI=1S/C17H19BrN4O/c18-13-3-1-2-12(10-13)16(23)22-8-5-17(6-9-22)15-14(4-7-21-17)19-11-20-15/h1-3,10-11,21H,4-9H2,(H,19,20). The van der Waals surface area contributed by atoms with E-state index in [2.05, 4.69) is 31.2 Å². The van der Waals surface area contributed by atoms with Gasteiger partial charge in [-0.1, -0.05) is 22.0 Å². The first-order chi connectivity index (χ1) is 11.2. The van der Waals surface area contributed by atoms with E-state index in [1.54, 1.807) is 6.33 Å². The zero-order chi connectivity index (χ0) is 15.9. The molecule has 1 aromatic carbocycles. The lowest BCUT2D eigenvalue weighted by Gasteiger charge is -2.44. The SMILES string of the molecule is O=C(c1cccc(Br)c1)N1CCC2(CC1)NCCc1[nH]cnc12. The number of H-pyrrole nitrogens is 1. The van der Waals surface area contributed by atoms with Crippen molar-refractivity contribution in [2.24, 2.45) is 0 Å². The predicted molar refractivity (Wildman–Crippen MR) is 91.3 cm³/mol. The van der Waals surface area contributed by atoms with Gasteiger partial charge in [-0.2, -0.15) is 0 Å². The summed E-state index contributed by atoms with van der Waals surface area (Å²) in [6, 6.07) is 7.61. The lowest BCUT2D eigenvalue weighted by Crippen LogP contribution is -2.55. The zero-order valence-corrected chi connectivity index (χ0v) is 14.4. The van der Waals surface area contributed by atoms with Gasteiger partial charge < -0.3 is 15.2 Å². The highest BCUT2D eigenvalue weighted by Crippen LogP contribution is 2.36. The van der Waals surface area contributed by atoms with E-state index in [1.165, 1.54) is 5.69 Å². The number of hydrogen-bond donors (Lipinski definition) is 2. The molecule has 2 N–H and O–H groups in total. The van der Waals surface area contributed by atoms with Crippen molar-refractivity contribution < 1.29 is 4.79 Å². The van der Waals surface area contributed by atoms with Crippen LogP contribution in [0.25, 0.3) is 0 Å². The zero-order valence-electron chi connectivity index (χ0n) is 12.8. The number of aromatic amines is 1. The van der Waals surface area contributed by atoms with E-state index in [0.717, 1.165) is 54.6 Å². The Morgan fingerprint density at radius 3 is 2.91 bits per heavy atom. The summed E-state index contributed by atoms with van der Waals surface area (Å²) in [5.74, 6) is 0.110. The van der Waals surface area contributed by atoms with Crippen molar-refractivity contribution in [3.63, 3.8) is 0 Å². The first-order valence-electron chi connectivity index (χ1n) is 8.01. The number of amides is 1. The molecule has 1 saturated heterocycles. The molecule has 0 aliphatic carbocycles. The molecule has 4 rings (SSSR count). The Labute approximate surface area is 143 Å². The molecule has 1 amide bonds. The largest absolute Gasteiger partial charge is 0.348 e. The quantitative estimate of drug-likeness (QED) is 0.805. The first kappa shape index (κ1) is 14.9. The van der Waals surface area contributed by atoms with Gasteiger partial charge in [-0.15, -0.1) is 0 Å². The third kappa shape index (κ3) is 2.60. The second-order valence-corrected chi connectivity index (χ2v) is 7.21. The maximum absolute atomic E-state index is 12.7. The Morgan fingerprint density at radius 2 is 2.13 bits per heavy atom. The van der Waals surface area contributed by atoms with Crippen molar-refractivity contribution in [1.29, 1.82) is 0 Å². The van der Waals surface area contributed by atoms with Gasteiger partial charge >= 0.3 is 0 Å². The monoisotopic (exact) mass is 374 g/mol. The van der Waals surface area contributed by atoms with Gasteiger partial charge in [0.05, 0.1) is 17.6 Å². The van der Waals surface area contributed by atoms with Crippen LogP contribution in [0.1, 0.15) is 34.6 Å². The first-order valence-corrected chi connectivity index (χ1v) is 8.80. The number of rotatable bonds is 1. The van der Waals surface area contributed by atoms with Crippen molar-refractivity contribution in [1.82, 2.24) is 20.2 Å². The average Bonchev–Trinajstić information content (AvgIpc) is 3.05. The van der Waals surface area contributed by atoms with Crippen molar-refractivity contribution in [2.45, 2.75) is 24.8 Å². The van der Waals surface area contributed by atoms with Crippen LogP contribution in [0.2, 0.25) is 0 Å². The van der Waals surface area contributed by atoms with Crippen molar-refractivity contribution in [3.05, 3.63) is 52.0 Å². The molecule has 1 spiro atoms. The summed E-state index contributed by atoms with van der Waals surface area (Å²) in [5.41, 5.74) is 3.07. The molecule has 120 valence electrons. The fraction of sp³-hybridized carbons (Fsp3) is 0.412. The minimum atomic E-state index is -0.0678. The number of halogens is 1. The number of nitrogens with one attached hydrogen (secondary N) is 2. The molecular formula is C17H19BrN4O. The molecule has 23 heavy (non-hydrogen) atoms. The Hall–Kier alpha value is -1.66. The summed E-state index contributed by atoms with van der Waals surface area (Å²) in [6.45, 7) is 2.48. The summed E-state index contributed by atoms with van der Waals surface area (Å²) in [7, 11) is 0. The van der Waals surface area contributed by atoms with E-state index in [9.17, 15) is 4.79 Å². The molecular weight excluding hydrogens is 356 g/mol. The Balaban J connectivity index is 1.51. The second kappa shape index (κ2) is 5.76. The van der Waals surface area contributed by atoms with Gasteiger partial charge in [0.1, 0.15) is 0 Å². The molecule has 0 radical (unpaired) electrons. The number of carbonyl (C=O) groups is 1. The third-order valence-corrected chi connectivity index (χ3v) is 5.48. The summed E-state index contributed by atoms with van der Waals surface area (Å²) in [6.07, 6.45) is 4.60. The van der Waals surface area contributed by atoms with Crippen LogP contribution in [0.3, 0.4) is 0 Å². The van der Waals surface area contributed by atoms with Crippen LogP contribution in [0, 0.1) is 0 Å². The molecule has 6 heteroatoms. The molecule has 2 aliphatic rings. The van der Waals surface area contributed by atoms with Crippen LogP contribution in [0.5, 0.6) is 0 Å². The van der Waals surface area contributed by atoms with E-state index in [-0.39, 0.29) is 11.4 Å². The van der Waals surface area contributed by atoms with Crippen LogP contribution in [-0.2, 0) is 12.0 Å². The lowest BCUT2D eigenvalue weighted by molar-refractivity contribution is 0.0626. The van der Waals surface area contributed by atoms with E-state index < -0.39 is 0 Å². The number of nitrogens with zero attached hydrogens (tertiary/aromatic N) is 2. The highest BCUT2D eigenvalue weighted by molar-refractivity contribution is 9.10. The molecule has 1 fully saturated rings. The number of imidazole rings is 1. The van der Waals surface area contributed by atoms with Crippen LogP contribution in [-0.4, -0.2) is 40.4 Å². The van der Waals surface area contributed by atoms with Gasteiger partial charge in [-0.25, -0.2) is 4.98 Å². The van der Waals surface area contributed by atoms with Crippen LogP contribution < -0.4 is 5.32 Å². The smallest absolute Gasteiger partial charge is 0.253 e. The molecule has 2 aliphatic heterocycles. The predicted octanol–water partition coefficient (Wildman–Crippen LogP) is 2.45. The molecule has 5 nitrogen and oxygen atoms in total. The fourth-order valence-electron chi connectivity index (χ4n) is 3.74. The molecule has 2 aromatic rings. The van der Waals surface area contributed by atoms with Gasteiger partial charge in [-0.3, -0.25) is 4.79 Å². The van der Waals surface area contributed by atoms with Crippen molar-refractivity contribution in [3.8, 4) is 0 Å². The number of likely N-dealkylation sites (tertiary alicyclic amines) is 1. The number of hydrogen-bond acceptors (Lipinski definition) is 3. The molecule has 1 aromatic heterocycles. The summed E-state index contributed by atoms with van der Waals surface area (Å²) in [4.78, 5) is 22.4. The molecule has 3 heterocycles. The van der Waals surface area contributed by atoms with Crippen LogP contribution in [0.4, 0.5) is 0 Å². The highest BCUT2D eigenvalue weighted by Gasteiger charge is 2.42. The highest BCUT2D eigenvalue weighted by atomic mass is 79.9. The topological polar surface area (TPSA) is 61.0 Å². The van der Waals surface area contributed by atoms with E-state index >= 15 is 0 Å². The van der Waals surface area contributed by atoms with E-state index in [4.69, 9.17) is 0 Å². The van der Waals surface area contributed by atoms with Gasteiger partial charge in [-0.05, 0) is 31.0 Å². The summed E-state index contributed by atoms with van der Waals surface area (Å²) in [5, 5.41) is 3.66. The number of aromatic nitrogens is 2. The average molecular weight is 375 g/mol. The number of carbonyl (C=O) groups excluding carboxylic acids is 1. The molecule has 0 bridgehead atoms. The van der Waals surface area contributed by atoms with Gasteiger partial charge in [0, 0.05) is 41.8 Å². The van der Waals surface area contributed by atoms with Crippen molar-refractivity contribution >= 4 is 21.8 Å². The molecule has 0 atom stereocenters. The minimum absolute atomic E-state index is 0.0678. The van der Waals surface area contributed by atoms with Gasteiger partial charge in [0.25, 0.3) is 5.91 Å². The third-order valence-electron chi connectivity index (χ3n) is 4.99. The Bertz CT molecular complexity index is 734. The number of benzene rings is 1. The number of piperidine rings is 1. The molecule has 0 unspecified atom stereocenters. The van der Waals surface area contributed by atoms with Gasteiger partial charge in [0.2, 0.25) is 0 Å². The van der Waals surface area contributed by atoms with E-state index in [0.29, 0.717) is 0 Å². The maximum atomic E-state index is 12.7. The van der Waals surface area contributed by atoms with Gasteiger partial charge in [0.15, 0.2) is 0 Å². The Kier molecular flexibility index (Phi) is 3.73. The van der Waals surface area contributed by atoms with Crippen LogP contribution >= 0.6 is 15.9 Å². The summed E-state index contributed by atoms with van der Waals surface area (Å²) >= 11 is 3.43. The summed E-state index contributed by atoms with van der Waals surface area (Å²) < 4.78 is 0.937. The van der Waals surface area contributed by atoms with Crippen LogP contribution in [0.15, 0.2) is 35.1 Å². The fourth-order valence-corrected chi connectivity index (χ4v) is 4.14. The minimum Gasteiger partial charge on any atom is -0.348 e. The Morgan fingerprint density at radius 1 is 1.30 bits per heavy atom. The normalized spacial score (nSPS) is 19.6. The number of fused-ring (bicyclic) bond motifs is 2. The second-order valence-electron chi connectivity index (χ2n) is 6.29. The van der Waals surface area contributed by atoms with E-state index in [1.807, 2.05) is 29.2 Å².